The van der Waals surface area contributed by atoms with E-state index in [1.165, 1.54) is 0 Å². The molecule has 2 nitrogen and oxygen atoms in total. The smallest absolute Gasteiger partial charge is 0.159 e. The van der Waals surface area contributed by atoms with Crippen LogP contribution in [-0.4, -0.2) is 4.98 Å². The van der Waals surface area contributed by atoms with E-state index in [1.54, 1.807) is 11.3 Å². The van der Waals surface area contributed by atoms with Gasteiger partial charge in [-0.3, -0.25) is 0 Å². The zero-order valence-corrected chi connectivity index (χ0v) is 7.72. The number of nitrogens with two attached hydrogens (primary N) is 1. The van der Waals surface area contributed by atoms with Crippen LogP contribution in [0, 0.1) is 0 Å². The average molecular weight is 230 g/mol. The molecule has 0 amide bonds. The first-order valence-electron chi connectivity index (χ1n) is 2.13. The molecule has 1 rings (SSSR count). The first-order valence-corrected chi connectivity index (χ1v) is 3.80. The normalized spacial score (nSPS) is 8.67. The molecule has 2 N–H and O–H groups in total. The minimum Gasteiger partial charge on any atom is -0.325 e. The molecule has 0 bridgehead atoms. The number of thiazole rings is 1. The van der Waals surface area contributed by atoms with Gasteiger partial charge in [0.25, 0.3) is 0 Å². The van der Waals surface area contributed by atoms with E-state index in [0.717, 1.165) is 9.61 Å². The number of rotatable bonds is 1. The Balaban J connectivity index is 0.000000640. The molecule has 9 heavy (non-hydrogen) atoms. The van der Waals surface area contributed by atoms with Crippen molar-refractivity contribution >= 4 is 39.7 Å². The lowest BCUT2D eigenvalue weighted by molar-refractivity contribution is 1.01. The molecule has 52 valence electrons. The second-order valence-corrected chi connectivity index (χ2v) is 3.43. The zero-order chi connectivity index (χ0) is 5.98. The van der Waals surface area contributed by atoms with Crippen LogP contribution in [0.5, 0.6) is 0 Å². The predicted octanol–water partition coefficient (Wildman–Crippen LogP) is 1.79. The maximum atomic E-state index is 5.29. The van der Waals surface area contributed by atoms with E-state index in [4.69, 9.17) is 5.73 Å². The van der Waals surface area contributed by atoms with Gasteiger partial charge in [0.2, 0.25) is 0 Å². The molecule has 0 spiro atoms. The molecule has 0 atom stereocenters. The number of nitrogens with zero attached hydrogens (tertiary/aromatic N) is 1. The van der Waals surface area contributed by atoms with Gasteiger partial charge in [-0.25, -0.2) is 4.98 Å². The highest BCUT2D eigenvalue weighted by molar-refractivity contribution is 9.11. The highest BCUT2D eigenvalue weighted by Crippen LogP contribution is 2.14. The lowest BCUT2D eigenvalue weighted by Crippen LogP contribution is -1.94. The fourth-order valence-electron chi connectivity index (χ4n) is 0.376. The SMILES string of the molecule is Cl.NCc1csc(Br)n1. The maximum absolute atomic E-state index is 5.29. The second-order valence-electron chi connectivity index (χ2n) is 1.30. The summed E-state index contributed by atoms with van der Waals surface area (Å²) in [5, 5.41) is 1.93. The lowest BCUT2D eigenvalue weighted by atomic mass is 10.5. The summed E-state index contributed by atoms with van der Waals surface area (Å²) in [6.45, 7) is 0.530. The van der Waals surface area contributed by atoms with Gasteiger partial charge in [0.1, 0.15) is 0 Å². The van der Waals surface area contributed by atoms with Crippen molar-refractivity contribution in [2.24, 2.45) is 5.73 Å². The molecule has 0 unspecified atom stereocenters. The molecule has 1 aromatic heterocycles. The molecule has 0 saturated carbocycles. The van der Waals surface area contributed by atoms with Crippen molar-refractivity contribution in [3.8, 4) is 0 Å². The van der Waals surface area contributed by atoms with Crippen molar-refractivity contribution in [3.05, 3.63) is 15.0 Å². The molecule has 0 radical (unpaired) electrons. The predicted molar refractivity (Wildman–Crippen MR) is 45.0 cm³/mol. The Hall–Kier alpha value is 0.360. The quantitative estimate of drug-likeness (QED) is 0.797. The second kappa shape index (κ2) is 4.22. The number of hydrogen-bond donors (Lipinski definition) is 1. The van der Waals surface area contributed by atoms with Crippen molar-refractivity contribution in [1.29, 1.82) is 0 Å². The summed E-state index contributed by atoms with van der Waals surface area (Å²) in [7, 11) is 0. The molecular weight excluding hydrogens is 223 g/mol. The summed E-state index contributed by atoms with van der Waals surface area (Å²) < 4.78 is 0.901. The van der Waals surface area contributed by atoms with Gasteiger partial charge < -0.3 is 5.73 Å². The van der Waals surface area contributed by atoms with E-state index in [0.29, 0.717) is 6.54 Å². The van der Waals surface area contributed by atoms with Gasteiger partial charge >= 0.3 is 0 Å². The standard InChI is InChI=1S/C4H5BrN2S.ClH/c5-4-7-3(1-6)2-8-4;/h2H,1,6H2;1H. The Labute approximate surface area is 72.0 Å². The summed E-state index contributed by atoms with van der Waals surface area (Å²) in [6, 6.07) is 0. The maximum Gasteiger partial charge on any atom is 0.159 e. The largest absolute Gasteiger partial charge is 0.325 e. The first-order chi connectivity index (χ1) is 3.83. The van der Waals surface area contributed by atoms with E-state index in [-0.39, 0.29) is 12.4 Å². The van der Waals surface area contributed by atoms with Crippen LogP contribution in [-0.2, 0) is 6.54 Å². The molecule has 5 heteroatoms. The highest BCUT2D eigenvalue weighted by atomic mass is 79.9. The van der Waals surface area contributed by atoms with Gasteiger partial charge in [0, 0.05) is 11.9 Å². The average Bonchev–Trinajstić information content (AvgIpc) is 2.14. The minimum absolute atomic E-state index is 0. The van der Waals surface area contributed by atoms with Crippen molar-refractivity contribution in [3.63, 3.8) is 0 Å². The third-order valence-electron chi connectivity index (χ3n) is 0.733. The molecule has 0 aromatic carbocycles. The van der Waals surface area contributed by atoms with Crippen LogP contribution in [0.15, 0.2) is 9.30 Å². The molecular formula is C4H6BrClN2S. The third-order valence-corrected chi connectivity index (χ3v) is 2.15. The highest BCUT2D eigenvalue weighted by Gasteiger charge is 1.92. The van der Waals surface area contributed by atoms with Gasteiger partial charge in [-0.05, 0) is 15.9 Å². The summed E-state index contributed by atoms with van der Waals surface area (Å²) in [6.07, 6.45) is 0. The van der Waals surface area contributed by atoms with Gasteiger partial charge in [0.15, 0.2) is 3.92 Å². The molecule has 0 aliphatic heterocycles. The van der Waals surface area contributed by atoms with E-state index in [2.05, 4.69) is 20.9 Å². The molecule has 1 heterocycles. The monoisotopic (exact) mass is 228 g/mol. The zero-order valence-electron chi connectivity index (χ0n) is 4.50. The lowest BCUT2D eigenvalue weighted by Gasteiger charge is -1.79. The first kappa shape index (κ1) is 9.36. The Kier molecular flexibility index (Phi) is 4.39. The minimum atomic E-state index is 0. The fraction of sp³-hybridized carbons (Fsp3) is 0.250. The summed E-state index contributed by atoms with van der Waals surface area (Å²) >= 11 is 4.78. The van der Waals surface area contributed by atoms with Gasteiger partial charge in [-0.15, -0.1) is 23.7 Å². The third kappa shape index (κ3) is 2.62. The van der Waals surface area contributed by atoms with Crippen LogP contribution in [0.25, 0.3) is 0 Å². The Morgan fingerprint density at radius 1 is 1.78 bits per heavy atom. The number of aromatic nitrogens is 1. The van der Waals surface area contributed by atoms with Crippen LogP contribution in [0.4, 0.5) is 0 Å². The molecule has 0 fully saturated rings. The van der Waals surface area contributed by atoms with E-state index >= 15 is 0 Å². The van der Waals surface area contributed by atoms with Crippen LogP contribution in [0.3, 0.4) is 0 Å². The Morgan fingerprint density at radius 3 is 2.67 bits per heavy atom. The van der Waals surface area contributed by atoms with E-state index in [9.17, 15) is 0 Å². The number of hydrogen-bond acceptors (Lipinski definition) is 3. The Morgan fingerprint density at radius 2 is 2.44 bits per heavy atom. The van der Waals surface area contributed by atoms with Crippen molar-refractivity contribution in [2.45, 2.75) is 6.54 Å². The fourth-order valence-corrected chi connectivity index (χ4v) is 1.44. The molecule has 0 aliphatic carbocycles. The van der Waals surface area contributed by atoms with Crippen molar-refractivity contribution in [2.75, 3.05) is 0 Å². The Bertz CT molecular complexity index is 179. The van der Waals surface area contributed by atoms with Crippen molar-refractivity contribution in [1.82, 2.24) is 4.98 Å². The van der Waals surface area contributed by atoms with Gasteiger partial charge in [0.05, 0.1) is 5.69 Å². The summed E-state index contributed by atoms with van der Waals surface area (Å²) in [5.41, 5.74) is 6.23. The summed E-state index contributed by atoms with van der Waals surface area (Å²) in [5.74, 6) is 0. The summed E-state index contributed by atoms with van der Waals surface area (Å²) in [4.78, 5) is 4.04. The topological polar surface area (TPSA) is 38.9 Å². The van der Waals surface area contributed by atoms with E-state index < -0.39 is 0 Å². The molecule has 0 aliphatic rings. The van der Waals surface area contributed by atoms with Crippen LogP contribution < -0.4 is 5.73 Å². The van der Waals surface area contributed by atoms with Crippen LogP contribution in [0.1, 0.15) is 5.69 Å². The van der Waals surface area contributed by atoms with E-state index in [1.807, 2.05) is 5.38 Å². The van der Waals surface area contributed by atoms with Crippen LogP contribution >= 0.6 is 39.7 Å². The van der Waals surface area contributed by atoms with Crippen molar-refractivity contribution < 1.29 is 0 Å². The van der Waals surface area contributed by atoms with Gasteiger partial charge in [-0.2, -0.15) is 0 Å². The molecule has 0 saturated heterocycles. The number of halogens is 2. The van der Waals surface area contributed by atoms with Gasteiger partial charge in [-0.1, -0.05) is 0 Å². The van der Waals surface area contributed by atoms with Crippen LogP contribution in [0.2, 0.25) is 0 Å². The molecule has 1 aromatic rings.